The Morgan fingerprint density at radius 2 is 2.17 bits per heavy atom. The van der Waals surface area contributed by atoms with Crippen molar-refractivity contribution in [3.05, 3.63) is 40.5 Å². The molecular formula is C14H17FN2S. The van der Waals surface area contributed by atoms with Crippen molar-refractivity contribution in [1.82, 2.24) is 4.98 Å². The van der Waals surface area contributed by atoms with Crippen LogP contribution in [0.3, 0.4) is 0 Å². The van der Waals surface area contributed by atoms with E-state index in [1.807, 2.05) is 11.4 Å². The van der Waals surface area contributed by atoms with E-state index in [0.29, 0.717) is 18.0 Å². The summed E-state index contributed by atoms with van der Waals surface area (Å²) in [4.78, 5) is 4.50. The van der Waals surface area contributed by atoms with Crippen LogP contribution in [0.15, 0.2) is 29.6 Å². The van der Waals surface area contributed by atoms with Crippen LogP contribution in [0.2, 0.25) is 0 Å². The fourth-order valence-corrected chi connectivity index (χ4v) is 2.75. The Labute approximate surface area is 111 Å². The monoisotopic (exact) mass is 264 g/mol. The molecule has 0 saturated carbocycles. The molecule has 2 N–H and O–H groups in total. The molecule has 0 saturated heterocycles. The van der Waals surface area contributed by atoms with Crippen LogP contribution in [0.1, 0.15) is 18.4 Å². The summed E-state index contributed by atoms with van der Waals surface area (Å²) in [5.41, 5.74) is 6.98. The van der Waals surface area contributed by atoms with Crippen LogP contribution in [-0.4, -0.2) is 11.5 Å². The lowest BCUT2D eigenvalue weighted by Gasteiger charge is -2.08. The quantitative estimate of drug-likeness (QED) is 0.898. The van der Waals surface area contributed by atoms with Gasteiger partial charge in [0, 0.05) is 17.4 Å². The van der Waals surface area contributed by atoms with Gasteiger partial charge < -0.3 is 5.73 Å². The fraction of sp³-hybridized carbons (Fsp3) is 0.357. The number of benzene rings is 1. The minimum atomic E-state index is -0.222. The largest absolute Gasteiger partial charge is 0.330 e. The van der Waals surface area contributed by atoms with E-state index in [4.69, 9.17) is 5.73 Å². The van der Waals surface area contributed by atoms with Gasteiger partial charge in [0.25, 0.3) is 0 Å². The van der Waals surface area contributed by atoms with Crippen LogP contribution in [0.25, 0.3) is 11.3 Å². The predicted octanol–water partition coefficient (Wildman–Crippen LogP) is 3.48. The van der Waals surface area contributed by atoms with Gasteiger partial charge in [-0.15, -0.1) is 11.3 Å². The van der Waals surface area contributed by atoms with E-state index in [2.05, 4.69) is 11.9 Å². The Morgan fingerprint density at radius 3 is 2.83 bits per heavy atom. The predicted molar refractivity (Wildman–Crippen MR) is 74.0 cm³/mol. The van der Waals surface area contributed by atoms with E-state index < -0.39 is 0 Å². The molecule has 1 atom stereocenters. The van der Waals surface area contributed by atoms with Crippen LogP contribution in [0.4, 0.5) is 4.39 Å². The van der Waals surface area contributed by atoms with Gasteiger partial charge in [0.2, 0.25) is 0 Å². The first-order valence-electron chi connectivity index (χ1n) is 6.14. The Balaban J connectivity index is 2.18. The average Bonchev–Trinajstić information content (AvgIpc) is 2.85. The van der Waals surface area contributed by atoms with Gasteiger partial charge in [-0.05, 0) is 24.6 Å². The van der Waals surface area contributed by atoms with Gasteiger partial charge in [-0.25, -0.2) is 9.37 Å². The normalized spacial score (nSPS) is 12.6. The summed E-state index contributed by atoms with van der Waals surface area (Å²) in [7, 11) is 0. The lowest BCUT2D eigenvalue weighted by molar-refractivity contribution is 0.517. The molecule has 18 heavy (non-hydrogen) atoms. The molecule has 0 fully saturated rings. The number of nitrogens with zero attached hydrogens (tertiary/aromatic N) is 1. The van der Waals surface area contributed by atoms with Gasteiger partial charge in [-0.1, -0.05) is 25.5 Å². The maximum absolute atomic E-state index is 13.6. The number of halogens is 1. The highest BCUT2D eigenvalue weighted by atomic mass is 32.1. The van der Waals surface area contributed by atoms with Crippen LogP contribution in [0, 0.1) is 11.7 Å². The zero-order valence-corrected chi connectivity index (χ0v) is 11.2. The summed E-state index contributed by atoms with van der Waals surface area (Å²) in [6.07, 6.45) is 1.93. The summed E-state index contributed by atoms with van der Waals surface area (Å²) < 4.78 is 13.6. The summed E-state index contributed by atoms with van der Waals surface area (Å²) in [6.45, 7) is 2.80. The Hall–Kier alpha value is -1.26. The second-order valence-electron chi connectivity index (χ2n) is 4.32. The number of aromatic nitrogens is 1. The van der Waals surface area contributed by atoms with Crippen LogP contribution in [0.5, 0.6) is 0 Å². The van der Waals surface area contributed by atoms with Crippen molar-refractivity contribution in [2.24, 2.45) is 11.7 Å². The molecule has 4 heteroatoms. The van der Waals surface area contributed by atoms with Crippen molar-refractivity contribution in [2.45, 2.75) is 19.8 Å². The van der Waals surface area contributed by atoms with E-state index in [-0.39, 0.29) is 5.82 Å². The number of hydrogen-bond acceptors (Lipinski definition) is 3. The van der Waals surface area contributed by atoms with Crippen LogP contribution < -0.4 is 5.73 Å². The van der Waals surface area contributed by atoms with Crippen molar-refractivity contribution in [1.29, 1.82) is 0 Å². The molecule has 1 aromatic heterocycles. The smallest absolute Gasteiger partial charge is 0.132 e. The molecule has 0 spiro atoms. The van der Waals surface area contributed by atoms with E-state index in [1.165, 1.54) is 6.07 Å². The third-order valence-corrected chi connectivity index (χ3v) is 3.95. The zero-order chi connectivity index (χ0) is 13.0. The van der Waals surface area contributed by atoms with Crippen LogP contribution >= 0.6 is 11.3 Å². The molecule has 0 radical (unpaired) electrons. The van der Waals surface area contributed by atoms with Gasteiger partial charge in [0.1, 0.15) is 5.82 Å². The van der Waals surface area contributed by atoms with Gasteiger partial charge in [-0.3, -0.25) is 0 Å². The van der Waals surface area contributed by atoms with Crippen molar-refractivity contribution in [3.63, 3.8) is 0 Å². The number of hydrogen-bond donors (Lipinski definition) is 1. The van der Waals surface area contributed by atoms with Gasteiger partial charge in [-0.2, -0.15) is 0 Å². The SMILES string of the molecule is CCC(CN)Cc1nc(-c2ccccc2F)cs1. The minimum Gasteiger partial charge on any atom is -0.330 e. The fourth-order valence-electron chi connectivity index (χ4n) is 1.84. The van der Waals surface area contributed by atoms with Crippen LogP contribution in [-0.2, 0) is 6.42 Å². The standard InChI is InChI=1S/C14H17FN2S/c1-2-10(8-16)7-14-17-13(9-18-14)11-5-3-4-6-12(11)15/h3-6,9-10H,2,7-8,16H2,1H3. The molecule has 0 aliphatic heterocycles. The topological polar surface area (TPSA) is 38.9 Å². The minimum absolute atomic E-state index is 0.222. The molecular weight excluding hydrogens is 247 g/mol. The molecule has 1 aromatic carbocycles. The Morgan fingerprint density at radius 1 is 1.39 bits per heavy atom. The van der Waals surface area contributed by atoms with Crippen molar-refractivity contribution in [2.75, 3.05) is 6.54 Å². The lowest BCUT2D eigenvalue weighted by Crippen LogP contribution is -2.15. The second kappa shape index (κ2) is 6.07. The number of nitrogens with two attached hydrogens (primary N) is 1. The van der Waals surface area contributed by atoms with Crippen molar-refractivity contribution in [3.8, 4) is 11.3 Å². The highest BCUT2D eigenvalue weighted by Crippen LogP contribution is 2.25. The van der Waals surface area contributed by atoms with Gasteiger partial charge in [0.05, 0.1) is 10.7 Å². The maximum atomic E-state index is 13.6. The molecule has 2 nitrogen and oxygen atoms in total. The van der Waals surface area contributed by atoms with Crippen molar-refractivity contribution < 1.29 is 4.39 Å². The molecule has 0 aliphatic rings. The Bertz CT molecular complexity index is 506. The highest BCUT2D eigenvalue weighted by molar-refractivity contribution is 7.09. The molecule has 0 amide bonds. The van der Waals surface area contributed by atoms with E-state index in [9.17, 15) is 4.39 Å². The highest BCUT2D eigenvalue weighted by Gasteiger charge is 2.11. The molecule has 0 aliphatic carbocycles. The zero-order valence-electron chi connectivity index (χ0n) is 10.4. The summed E-state index contributed by atoms with van der Waals surface area (Å²) in [5.74, 6) is 0.241. The van der Waals surface area contributed by atoms with E-state index in [1.54, 1.807) is 23.5 Å². The third-order valence-electron chi connectivity index (χ3n) is 3.08. The first kappa shape index (κ1) is 13.2. The van der Waals surface area contributed by atoms with E-state index >= 15 is 0 Å². The summed E-state index contributed by atoms with van der Waals surface area (Å²) in [5, 5.41) is 2.95. The lowest BCUT2D eigenvalue weighted by atomic mass is 10.0. The molecule has 1 heterocycles. The van der Waals surface area contributed by atoms with E-state index in [0.717, 1.165) is 23.5 Å². The molecule has 1 unspecified atom stereocenters. The Kier molecular flexibility index (Phi) is 4.44. The summed E-state index contributed by atoms with van der Waals surface area (Å²) >= 11 is 1.58. The number of thiazole rings is 1. The van der Waals surface area contributed by atoms with Crippen molar-refractivity contribution >= 4 is 11.3 Å². The maximum Gasteiger partial charge on any atom is 0.132 e. The third kappa shape index (κ3) is 2.94. The molecule has 96 valence electrons. The first-order valence-corrected chi connectivity index (χ1v) is 7.02. The molecule has 2 aromatic rings. The number of rotatable bonds is 5. The molecule has 0 bridgehead atoms. The second-order valence-corrected chi connectivity index (χ2v) is 5.26. The average molecular weight is 264 g/mol. The summed E-state index contributed by atoms with van der Waals surface area (Å²) in [6, 6.07) is 6.73. The van der Waals surface area contributed by atoms with Gasteiger partial charge >= 0.3 is 0 Å². The molecule has 2 rings (SSSR count). The first-order chi connectivity index (χ1) is 8.74. The van der Waals surface area contributed by atoms with Gasteiger partial charge in [0.15, 0.2) is 0 Å².